The Morgan fingerprint density at radius 2 is 1.30 bits per heavy atom. The maximum Gasteiger partial charge on any atom is 0.422 e. The minimum absolute atomic E-state index is 0.0973. The lowest BCUT2D eigenvalue weighted by molar-refractivity contribution is -0.143. The highest BCUT2D eigenvalue weighted by Crippen LogP contribution is 2.38. The van der Waals surface area contributed by atoms with Gasteiger partial charge in [-0.1, -0.05) is 36.8 Å². The molecule has 0 bridgehead atoms. The number of carbonyl (C=O) groups is 2. The Kier molecular flexibility index (Phi) is 7.58. The summed E-state index contributed by atoms with van der Waals surface area (Å²) in [5.41, 5.74) is -3.80. The number of anilines is 1. The van der Waals surface area contributed by atoms with Gasteiger partial charge in [0.05, 0.1) is 0 Å². The van der Waals surface area contributed by atoms with Crippen molar-refractivity contribution in [3.05, 3.63) is 64.7 Å². The molecule has 1 amide bonds. The highest BCUT2D eigenvalue weighted by Gasteiger charge is 2.42. The first-order valence-corrected chi connectivity index (χ1v) is 8.85. The van der Waals surface area contributed by atoms with Crippen LogP contribution >= 0.6 is 0 Å². The Hall–Kier alpha value is -2.91. The molecule has 1 N–H and O–H groups in total. The maximum atomic E-state index is 13.8. The molecule has 10 heteroatoms. The molecule has 0 aliphatic rings. The molecule has 0 saturated heterocycles. The third kappa shape index (κ3) is 5.58. The van der Waals surface area contributed by atoms with Crippen molar-refractivity contribution in [1.82, 2.24) is 0 Å². The highest BCUT2D eigenvalue weighted by atomic mass is 19.4. The number of amides is 1. The number of alkyl halides is 3. The average molecular weight is 435 g/mol. The van der Waals surface area contributed by atoms with E-state index in [-0.39, 0.29) is 25.0 Å². The normalized spacial score (nSPS) is 11.4. The summed E-state index contributed by atoms with van der Waals surface area (Å²) in [7, 11) is 0. The molecule has 0 unspecified atom stereocenters. The fourth-order valence-electron chi connectivity index (χ4n) is 2.71. The van der Waals surface area contributed by atoms with E-state index in [0.29, 0.717) is 18.4 Å². The highest BCUT2D eigenvalue weighted by molar-refractivity contribution is 5.96. The first-order valence-electron chi connectivity index (χ1n) is 8.85. The van der Waals surface area contributed by atoms with Crippen molar-refractivity contribution in [3.63, 3.8) is 0 Å². The summed E-state index contributed by atoms with van der Waals surface area (Å²) in [6.45, 7) is 0. The standard InChI is InChI=1S/C20H16F7NO2/c21-15-14(20(25,26)27)16(22)18(24)19(17(15)23)28-13(30)10-6-2-5-9-12(29)11-7-3-1-4-8-11/h1,3-4,7-8H,2,5-6,9-10H2,(H,28,30). The van der Waals surface area contributed by atoms with Crippen LogP contribution in [0.15, 0.2) is 30.3 Å². The topological polar surface area (TPSA) is 46.2 Å². The molecule has 0 fully saturated rings. The quantitative estimate of drug-likeness (QED) is 0.238. The van der Waals surface area contributed by atoms with Gasteiger partial charge in [0.1, 0.15) is 11.3 Å². The Bertz CT molecular complexity index is 898. The van der Waals surface area contributed by atoms with E-state index >= 15 is 0 Å². The van der Waals surface area contributed by atoms with E-state index in [0.717, 1.165) is 0 Å². The fourth-order valence-corrected chi connectivity index (χ4v) is 2.71. The second kappa shape index (κ2) is 9.73. The molecule has 0 saturated carbocycles. The Labute approximate surface area is 166 Å². The number of rotatable bonds is 8. The summed E-state index contributed by atoms with van der Waals surface area (Å²) in [5, 5.41) is 1.56. The molecule has 0 aliphatic carbocycles. The lowest BCUT2D eigenvalue weighted by Gasteiger charge is -2.14. The van der Waals surface area contributed by atoms with Crippen molar-refractivity contribution in [2.45, 2.75) is 38.3 Å². The number of ketones is 1. The van der Waals surface area contributed by atoms with Crippen LogP contribution in [0.5, 0.6) is 0 Å². The smallest absolute Gasteiger partial charge is 0.321 e. The van der Waals surface area contributed by atoms with Crippen molar-refractivity contribution >= 4 is 17.4 Å². The minimum Gasteiger partial charge on any atom is -0.321 e. The summed E-state index contributed by atoms with van der Waals surface area (Å²) < 4.78 is 92.2. The zero-order valence-corrected chi connectivity index (χ0v) is 15.4. The number of unbranched alkanes of at least 4 members (excludes halogenated alkanes) is 2. The van der Waals surface area contributed by atoms with Crippen LogP contribution in [0.4, 0.5) is 36.4 Å². The van der Waals surface area contributed by atoms with Crippen LogP contribution in [0.2, 0.25) is 0 Å². The molecule has 0 atom stereocenters. The number of Topliss-reactive ketones (excluding diaryl/α,β-unsaturated/α-hetero) is 1. The first-order chi connectivity index (χ1) is 14.0. The number of nitrogens with one attached hydrogen (secondary N) is 1. The van der Waals surface area contributed by atoms with Crippen LogP contribution in [0.3, 0.4) is 0 Å². The van der Waals surface area contributed by atoms with Gasteiger partial charge in [0, 0.05) is 18.4 Å². The van der Waals surface area contributed by atoms with Crippen molar-refractivity contribution in [2.24, 2.45) is 0 Å². The van der Waals surface area contributed by atoms with Crippen LogP contribution in [0, 0.1) is 23.3 Å². The van der Waals surface area contributed by atoms with Gasteiger partial charge >= 0.3 is 6.18 Å². The molecule has 2 aromatic carbocycles. The van der Waals surface area contributed by atoms with Crippen molar-refractivity contribution in [3.8, 4) is 0 Å². The molecule has 30 heavy (non-hydrogen) atoms. The van der Waals surface area contributed by atoms with Gasteiger partial charge in [0.2, 0.25) is 5.91 Å². The lowest BCUT2D eigenvalue weighted by Crippen LogP contribution is -2.20. The number of hydrogen-bond donors (Lipinski definition) is 1. The van der Waals surface area contributed by atoms with E-state index in [1.165, 1.54) is 0 Å². The fraction of sp³-hybridized carbons (Fsp3) is 0.300. The van der Waals surface area contributed by atoms with Gasteiger partial charge in [0.25, 0.3) is 0 Å². The van der Waals surface area contributed by atoms with E-state index in [1.807, 2.05) is 0 Å². The third-order valence-electron chi connectivity index (χ3n) is 4.21. The molecule has 0 aliphatic heterocycles. The van der Waals surface area contributed by atoms with Crippen LogP contribution in [0.1, 0.15) is 48.0 Å². The van der Waals surface area contributed by atoms with E-state index in [4.69, 9.17) is 0 Å². The van der Waals surface area contributed by atoms with Gasteiger partial charge in [-0.15, -0.1) is 0 Å². The second-order valence-electron chi connectivity index (χ2n) is 6.40. The van der Waals surface area contributed by atoms with Gasteiger partial charge in [-0.2, -0.15) is 13.2 Å². The summed E-state index contributed by atoms with van der Waals surface area (Å²) in [6, 6.07) is 8.49. The number of carbonyl (C=O) groups excluding carboxylic acids is 2. The largest absolute Gasteiger partial charge is 0.422 e. The Balaban J connectivity index is 1.90. The zero-order chi connectivity index (χ0) is 22.5. The molecule has 0 radical (unpaired) electrons. The van der Waals surface area contributed by atoms with Gasteiger partial charge in [-0.25, -0.2) is 17.6 Å². The van der Waals surface area contributed by atoms with E-state index < -0.39 is 46.6 Å². The number of halogens is 7. The maximum absolute atomic E-state index is 13.8. The van der Waals surface area contributed by atoms with Crippen molar-refractivity contribution in [2.75, 3.05) is 5.32 Å². The van der Waals surface area contributed by atoms with Gasteiger partial charge in [-0.05, 0) is 12.8 Å². The van der Waals surface area contributed by atoms with Gasteiger partial charge in [-0.3, -0.25) is 9.59 Å². The minimum atomic E-state index is -5.66. The molecule has 0 spiro atoms. The SMILES string of the molecule is O=C(CCCCCC(=O)c1ccccc1)Nc1c(F)c(F)c(C(F)(F)F)c(F)c1F. The molecule has 0 heterocycles. The summed E-state index contributed by atoms with van der Waals surface area (Å²) in [4.78, 5) is 23.7. The van der Waals surface area contributed by atoms with Gasteiger partial charge < -0.3 is 5.32 Å². The molecular weight excluding hydrogens is 419 g/mol. The van der Waals surface area contributed by atoms with Crippen LogP contribution in [-0.2, 0) is 11.0 Å². The molecule has 0 aromatic heterocycles. The van der Waals surface area contributed by atoms with Crippen LogP contribution < -0.4 is 5.32 Å². The monoisotopic (exact) mass is 435 g/mol. The Morgan fingerprint density at radius 1 is 0.767 bits per heavy atom. The molecule has 2 aromatic rings. The molecular formula is C20H16F7NO2. The summed E-state index contributed by atoms with van der Waals surface area (Å²) >= 11 is 0. The predicted molar refractivity (Wildman–Crippen MR) is 93.8 cm³/mol. The van der Waals surface area contributed by atoms with E-state index in [1.54, 1.807) is 35.6 Å². The van der Waals surface area contributed by atoms with E-state index in [9.17, 15) is 40.3 Å². The molecule has 162 valence electrons. The number of benzene rings is 2. The third-order valence-corrected chi connectivity index (χ3v) is 4.21. The van der Waals surface area contributed by atoms with Crippen molar-refractivity contribution in [1.29, 1.82) is 0 Å². The Morgan fingerprint density at radius 3 is 1.83 bits per heavy atom. The lowest BCUT2D eigenvalue weighted by atomic mass is 10.0. The summed E-state index contributed by atoms with van der Waals surface area (Å²) in [6.07, 6.45) is -4.76. The van der Waals surface area contributed by atoms with Crippen molar-refractivity contribution < 1.29 is 40.3 Å². The molecule has 2 rings (SSSR count). The van der Waals surface area contributed by atoms with Gasteiger partial charge in [0.15, 0.2) is 29.1 Å². The summed E-state index contributed by atoms with van der Waals surface area (Å²) in [5.74, 6) is -11.1. The first kappa shape index (κ1) is 23.4. The van der Waals surface area contributed by atoms with Crippen LogP contribution in [0.25, 0.3) is 0 Å². The second-order valence-corrected chi connectivity index (χ2v) is 6.40. The van der Waals surface area contributed by atoms with Crippen LogP contribution in [-0.4, -0.2) is 11.7 Å². The average Bonchev–Trinajstić information content (AvgIpc) is 2.69. The molecule has 3 nitrogen and oxygen atoms in total. The predicted octanol–water partition coefficient (Wildman–Crippen LogP) is 6.03. The zero-order valence-electron chi connectivity index (χ0n) is 15.4. The van der Waals surface area contributed by atoms with E-state index in [2.05, 4.69) is 0 Å². The number of hydrogen-bond acceptors (Lipinski definition) is 2.